The predicted molar refractivity (Wildman–Crippen MR) is 164 cm³/mol. The number of piperazine rings is 1. The van der Waals surface area contributed by atoms with Crippen LogP contribution in [0.25, 0.3) is 0 Å². The second-order valence-electron chi connectivity index (χ2n) is 15.0. The Morgan fingerprint density at radius 1 is 0.930 bits per heavy atom. The van der Waals surface area contributed by atoms with Gasteiger partial charge in [0, 0.05) is 58.0 Å². The van der Waals surface area contributed by atoms with Crippen LogP contribution in [-0.4, -0.2) is 120 Å². The minimum atomic E-state index is -4.27. The number of hydrogen-bond acceptors (Lipinski definition) is 7. The van der Waals surface area contributed by atoms with Gasteiger partial charge < -0.3 is 25.4 Å². The van der Waals surface area contributed by atoms with Crippen LogP contribution in [0.1, 0.15) is 77.6 Å². The maximum atomic E-state index is 14.2. The molecule has 0 spiro atoms. The van der Waals surface area contributed by atoms with Crippen LogP contribution in [0.5, 0.6) is 0 Å². The molecule has 248 valence electrons. The Kier molecular flexibility index (Phi) is 11.2. The molecule has 43 heavy (non-hydrogen) atoms. The summed E-state index contributed by atoms with van der Waals surface area (Å²) >= 11 is 0. The van der Waals surface area contributed by atoms with Crippen molar-refractivity contribution in [2.24, 2.45) is 41.4 Å². The molecule has 5 rings (SSSR count). The third kappa shape index (κ3) is 7.79. The lowest BCUT2D eigenvalue weighted by molar-refractivity contribution is -0.205. The summed E-state index contributed by atoms with van der Waals surface area (Å²) in [5.74, 6) is -0.866. The number of piperidine rings is 1. The van der Waals surface area contributed by atoms with E-state index in [0.717, 1.165) is 64.3 Å². The third-order valence-electron chi connectivity index (χ3n) is 12.5. The molecule has 3 heterocycles. The quantitative estimate of drug-likeness (QED) is 0.310. The Morgan fingerprint density at radius 3 is 2.33 bits per heavy atom. The van der Waals surface area contributed by atoms with Crippen molar-refractivity contribution in [2.45, 2.75) is 102 Å². The molecule has 3 N–H and O–H groups in total. The molecule has 5 fully saturated rings. The number of aliphatic hydroxyl groups is 2. The number of hydrogen-bond donors (Lipinski definition) is 3. The van der Waals surface area contributed by atoms with E-state index in [2.05, 4.69) is 40.6 Å². The molecule has 7 nitrogen and oxygen atoms in total. The van der Waals surface area contributed by atoms with Gasteiger partial charge in [0.05, 0.1) is 24.4 Å². The summed E-state index contributed by atoms with van der Waals surface area (Å²) in [5.41, 5.74) is 0.501. The van der Waals surface area contributed by atoms with E-state index in [9.17, 15) is 23.4 Å². The Bertz CT molecular complexity index is 915. The van der Waals surface area contributed by atoms with Crippen molar-refractivity contribution in [1.82, 2.24) is 19.6 Å². The first-order chi connectivity index (χ1) is 20.5. The van der Waals surface area contributed by atoms with E-state index >= 15 is 0 Å². The fraction of sp³-hybridized carbons (Fsp3) is 0.970. The Labute approximate surface area is 257 Å². The molecule has 0 bridgehead atoms. The lowest BCUT2D eigenvalue weighted by atomic mass is 9.68. The van der Waals surface area contributed by atoms with Gasteiger partial charge in [-0.15, -0.1) is 0 Å². The van der Waals surface area contributed by atoms with Gasteiger partial charge in [-0.25, -0.2) is 0 Å². The second kappa shape index (κ2) is 14.3. The molecule has 0 aromatic heterocycles. The summed E-state index contributed by atoms with van der Waals surface area (Å²) in [6.07, 6.45) is 4.24. The van der Waals surface area contributed by atoms with Crippen molar-refractivity contribution < 1.29 is 23.4 Å². The van der Waals surface area contributed by atoms with Crippen LogP contribution >= 0.6 is 0 Å². The molecule has 3 saturated heterocycles. The van der Waals surface area contributed by atoms with Gasteiger partial charge in [0.1, 0.15) is 0 Å². The molecular formula is C33H58F3N5O2. The summed E-state index contributed by atoms with van der Waals surface area (Å²) in [4.78, 5) is 9.55. The highest BCUT2D eigenvalue weighted by Crippen LogP contribution is 2.47. The predicted octanol–water partition coefficient (Wildman–Crippen LogP) is 4.73. The van der Waals surface area contributed by atoms with E-state index in [1.165, 1.54) is 19.3 Å². The average molecular weight is 614 g/mol. The van der Waals surface area contributed by atoms with E-state index in [1.54, 1.807) is 0 Å². The Hall–Kier alpha value is -0.780. The molecule has 3 aliphatic heterocycles. The molecule has 0 aromatic carbocycles. The first-order valence-corrected chi connectivity index (χ1v) is 17.3. The molecule has 0 radical (unpaired) electrons. The zero-order valence-electron chi connectivity index (χ0n) is 26.8. The summed E-state index contributed by atoms with van der Waals surface area (Å²) in [7, 11) is 4.27. The number of nitrogens with one attached hydrogen (secondary N) is 1. The van der Waals surface area contributed by atoms with E-state index in [1.807, 2.05) is 0 Å². The highest BCUT2D eigenvalue weighted by molar-refractivity contribution is 5.84. The van der Waals surface area contributed by atoms with Crippen LogP contribution in [0, 0.1) is 46.8 Å². The summed E-state index contributed by atoms with van der Waals surface area (Å²) in [6.45, 7) is 7.49. The van der Waals surface area contributed by atoms with Gasteiger partial charge in [-0.1, -0.05) is 13.3 Å². The van der Waals surface area contributed by atoms with Crippen LogP contribution in [0.3, 0.4) is 0 Å². The van der Waals surface area contributed by atoms with Crippen molar-refractivity contribution in [2.75, 3.05) is 60.0 Å². The number of likely N-dealkylation sites (N-methyl/N-ethyl adjacent to an activating group) is 1. The van der Waals surface area contributed by atoms with Gasteiger partial charge in [0.2, 0.25) is 0 Å². The lowest BCUT2D eigenvalue weighted by Crippen LogP contribution is -2.72. The van der Waals surface area contributed by atoms with E-state index in [4.69, 9.17) is 5.41 Å². The van der Waals surface area contributed by atoms with Crippen molar-refractivity contribution >= 4 is 5.71 Å². The number of halogens is 3. The average Bonchev–Trinajstić information content (AvgIpc) is 2.99. The maximum Gasteiger partial charge on any atom is 0.392 e. The SMILES string of the molecule is CCC1CCC2N(C)C(CC3CC(C(=N)CC(O)C4CCC(CN5CCN(C)CC5)C(C(F)(F)F)C4)CCC3CO)N2C1. The number of nitrogens with zero attached hydrogens (tertiary/aromatic N) is 4. The smallest absolute Gasteiger partial charge is 0.392 e. The fourth-order valence-corrected chi connectivity index (χ4v) is 9.42. The lowest BCUT2D eigenvalue weighted by Gasteiger charge is -2.61. The van der Waals surface area contributed by atoms with Crippen LogP contribution in [0.2, 0.25) is 0 Å². The van der Waals surface area contributed by atoms with Crippen LogP contribution < -0.4 is 0 Å². The monoisotopic (exact) mass is 613 g/mol. The number of fused-ring (bicyclic) bond motifs is 1. The Balaban J connectivity index is 1.14. The number of rotatable bonds is 10. The highest BCUT2D eigenvalue weighted by Gasteiger charge is 2.50. The van der Waals surface area contributed by atoms with Crippen LogP contribution in [0.4, 0.5) is 13.2 Å². The minimum absolute atomic E-state index is 0.0278. The van der Waals surface area contributed by atoms with Crippen molar-refractivity contribution in [3.8, 4) is 0 Å². The fourth-order valence-electron chi connectivity index (χ4n) is 9.42. The zero-order valence-corrected chi connectivity index (χ0v) is 26.8. The van der Waals surface area contributed by atoms with Gasteiger partial charge in [0.15, 0.2) is 0 Å². The molecule has 5 aliphatic rings. The topological polar surface area (TPSA) is 77.3 Å². The summed E-state index contributed by atoms with van der Waals surface area (Å²) in [6, 6.07) is 0. The van der Waals surface area contributed by atoms with E-state index < -0.39 is 30.0 Å². The van der Waals surface area contributed by atoms with Crippen LogP contribution in [-0.2, 0) is 0 Å². The second-order valence-corrected chi connectivity index (χ2v) is 15.0. The standard InChI is InChI=1S/C33H58F3N5O2/c1-4-22-5-10-31-39(3)32(41(31)19-22)17-27-15-23(6-9-26(27)21-42)29(37)18-30(43)24-7-8-25(28(16-24)33(34,35)36)20-40-13-11-38(2)12-14-40/h22-28,30-32,37,42-43H,4-21H2,1-3H3. The molecule has 2 aliphatic carbocycles. The first kappa shape index (κ1) is 33.6. The van der Waals surface area contributed by atoms with E-state index in [0.29, 0.717) is 43.3 Å². The van der Waals surface area contributed by atoms with Crippen molar-refractivity contribution in [3.05, 3.63) is 0 Å². The largest absolute Gasteiger partial charge is 0.396 e. The third-order valence-corrected chi connectivity index (χ3v) is 12.5. The van der Waals surface area contributed by atoms with Gasteiger partial charge in [-0.2, -0.15) is 13.2 Å². The minimum Gasteiger partial charge on any atom is -0.396 e. The van der Waals surface area contributed by atoms with Gasteiger partial charge in [0.25, 0.3) is 0 Å². The molecule has 0 aromatic rings. The maximum absolute atomic E-state index is 14.2. The van der Waals surface area contributed by atoms with Gasteiger partial charge >= 0.3 is 6.18 Å². The Morgan fingerprint density at radius 2 is 1.65 bits per heavy atom. The summed E-state index contributed by atoms with van der Waals surface area (Å²) in [5, 5.41) is 30.3. The van der Waals surface area contributed by atoms with E-state index in [-0.39, 0.29) is 31.3 Å². The first-order valence-electron chi connectivity index (χ1n) is 17.3. The molecule has 2 saturated carbocycles. The van der Waals surface area contributed by atoms with Gasteiger partial charge in [-0.05, 0) is 107 Å². The van der Waals surface area contributed by atoms with Crippen LogP contribution in [0.15, 0.2) is 0 Å². The molecule has 10 unspecified atom stereocenters. The highest BCUT2D eigenvalue weighted by atomic mass is 19.4. The molecule has 10 atom stereocenters. The molecular weight excluding hydrogens is 555 g/mol. The normalized spacial score (nSPS) is 39.7. The molecule has 10 heteroatoms. The van der Waals surface area contributed by atoms with Crippen molar-refractivity contribution in [3.63, 3.8) is 0 Å². The van der Waals surface area contributed by atoms with Gasteiger partial charge in [-0.3, -0.25) is 9.80 Å². The number of aliphatic hydroxyl groups excluding tert-OH is 2. The number of alkyl halides is 3. The zero-order chi connectivity index (χ0) is 30.9. The molecule has 0 amide bonds. The van der Waals surface area contributed by atoms with Crippen molar-refractivity contribution in [1.29, 1.82) is 5.41 Å². The summed E-state index contributed by atoms with van der Waals surface area (Å²) < 4.78 is 42.7.